The fourth-order valence-electron chi connectivity index (χ4n) is 0.841. The second-order valence-electron chi connectivity index (χ2n) is 2.43. The van der Waals surface area contributed by atoms with Crippen molar-refractivity contribution in [1.29, 1.82) is 0 Å². The standard InChI is InChI=1S/C7H7BF2O3/c1-4-5(9)2-3-6(7(4)10)13-8(11)12/h2-3,11-12H,1H3. The van der Waals surface area contributed by atoms with Gasteiger partial charge < -0.3 is 14.7 Å². The van der Waals surface area contributed by atoms with Crippen LogP contribution >= 0.6 is 0 Å². The Morgan fingerprint density at radius 3 is 2.46 bits per heavy atom. The first-order valence-corrected chi connectivity index (χ1v) is 3.49. The van der Waals surface area contributed by atoms with Crippen LogP contribution in [0, 0.1) is 18.6 Å². The number of hydrogen-bond acceptors (Lipinski definition) is 3. The van der Waals surface area contributed by atoms with Crippen LogP contribution in [0.1, 0.15) is 5.56 Å². The number of hydrogen-bond donors (Lipinski definition) is 2. The molecule has 2 N–H and O–H groups in total. The Kier molecular flexibility index (Phi) is 2.85. The highest BCUT2D eigenvalue weighted by Gasteiger charge is 2.17. The predicted octanol–water partition coefficient (Wildman–Crippen LogP) is 0.622. The van der Waals surface area contributed by atoms with E-state index in [2.05, 4.69) is 4.65 Å². The zero-order chi connectivity index (χ0) is 10.0. The van der Waals surface area contributed by atoms with Crippen molar-refractivity contribution in [2.24, 2.45) is 0 Å². The zero-order valence-corrected chi connectivity index (χ0v) is 6.79. The van der Waals surface area contributed by atoms with Gasteiger partial charge in [-0.05, 0) is 19.1 Å². The minimum absolute atomic E-state index is 0.224. The van der Waals surface area contributed by atoms with E-state index in [1.807, 2.05) is 0 Å². The minimum atomic E-state index is -2.11. The molecule has 0 saturated carbocycles. The van der Waals surface area contributed by atoms with Crippen LogP contribution in [0.25, 0.3) is 0 Å². The lowest BCUT2D eigenvalue weighted by atomic mass is 10.2. The molecule has 0 amide bonds. The molecule has 0 saturated heterocycles. The first-order chi connectivity index (χ1) is 6.02. The molecule has 0 aliphatic carbocycles. The van der Waals surface area contributed by atoms with Gasteiger partial charge in [-0.1, -0.05) is 0 Å². The summed E-state index contributed by atoms with van der Waals surface area (Å²) in [4.78, 5) is 0. The molecule has 0 bridgehead atoms. The van der Waals surface area contributed by atoms with Gasteiger partial charge in [0.1, 0.15) is 11.6 Å². The number of halogens is 2. The van der Waals surface area contributed by atoms with E-state index in [0.717, 1.165) is 12.1 Å². The third kappa shape index (κ3) is 2.16. The number of rotatable bonds is 2. The molecule has 1 aromatic rings. The molecule has 1 rings (SSSR count). The third-order valence-electron chi connectivity index (χ3n) is 1.52. The summed E-state index contributed by atoms with van der Waals surface area (Å²) in [6, 6.07) is 1.97. The summed E-state index contributed by atoms with van der Waals surface area (Å²) in [6.07, 6.45) is 0. The van der Waals surface area contributed by atoms with Gasteiger partial charge in [0.25, 0.3) is 0 Å². The van der Waals surface area contributed by atoms with Gasteiger partial charge in [0.15, 0.2) is 5.82 Å². The van der Waals surface area contributed by atoms with E-state index in [0.29, 0.717) is 0 Å². The fraction of sp³-hybridized carbons (Fsp3) is 0.143. The molecule has 0 heterocycles. The molecule has 0 unspecified atom stereocenters. The second-order valence-corrected chi connectivity index (χ2v) is 2.43. The maximum atomic E-state index is 13.0. The van der Waals surface area contributed by atoms with Gasteiger partial charge in [0.2, 0.25) is 0 Å². The zero-order valence-electron chi connectivity index (χ0n) is 6.79. The van der Waals surface area contributed by atoms with E-state index >= 15 is 0 Å². The van der Waals surface area contributed by atoms with E-state index in [-0.39, 0.29) is 5.56 Å². The first-order valence-electron chi connectivity index (χ1n) is 3.49. The van der Waals surface area contributed by atoms with Crippen LogP contribution in [0.15, 0.2) is 12.1 Å². The maximum Gasteiger partial charge on any atom is 0.707 e. The molecular formula is C7H7BF2O3. The Bertz CT molecular complexity index is 317. The highest BCUT2D eigenvalue weighted by Crippen LogP contribution is 2.22. The molecule has 70 valence electrons. The molecular weight excluding hydrogens is 181 g/mol. The summed E-state index contributed by atoms with van der Waals surface area (Å²) in [5, 5.41) is 16.7. The molecule has 0 atom stereocenters. The van der Waals surface area contributed by atoms with Crippen molar-refractivity contribution < 1.29 is 23.5 Å². The van der Waals surface area contributed by atoms with Crippen molar-refractivity contribution in [3.05, 3.63) is 29.3 Å². The highest BCUT2D eigenvalue weighted by molar-refractivity contribution is 6.33. The van der Waals surface area contributed by atoms with Gasteiger partial charge in [-0.15, -0.1) is 0 Å². The van der Waals surface area contributed by atoms with E-state index in [4.69, 9.17) is 10.0 Å². The van der Waals surface area contributed by atoms with Gasteiger partial charge in [0.05, 0.1) is 0 Å². The highest BCUT2D eigenvalue weighted by atomic mass is 19.1. The predicted molar refractivity (Wildman–Crippen MR) is 41.9 cm³/mol. The van der Waals surface area contributed by atoms with E-state index in [1.54, 1.807) is 0 Å². The van der Waals surface area contributed by atoms with E-state index in [1.165, 1.54) is 6.92 Å². The summed E-state index contributed by atoms with van der Waals surface area (Å²) >= 11 is 0. The third-order valence-corrected chi connectivity index (χ3v) is 1.52. The molecule has 6 heteroatoms. The molecule has 0 spiro atoms. The van der Waals surface area contributed by atoms with Gasteiger partial charge in [0, 0.05) is 5.56 Å². The van der Waals surface area contributed by atoms with Crippen molar-refractivity contribution in [1.82, 2.24) is 0 Å². The summed E-state index contributed by atoms with van der Waals surface area (Å²) in [5.41, 5.74) is -0.224. The summed E-state index contributed by atoms with van der Waals surface area (Å²) in [7, 11) is -2.11. The molecule has 0 aliphatic heterocycles. The molecule has 0 fully saturated rings. The Morgan fingerprint density at radius 2 is 1.92 bits per heavy atom. The average molecular weight is 188 g/mol. The topological polar surface area (TPSA) is 49.7 Å². The molecule has 0 aliphatic rings. The minimum Gasteiger partial charge on any atom is -0.510 e. The van der Waals surface area contributed by atoms with Crippen LogP contribution in [-0.4, -0.2) is 17.4 Å². The summed E-state index contributed by atoms with van der Waals surface area (Å²) in [6.45, 7) is 1.22. The smallest absolute Gasteiger partial charge is 0.510 e. The second kappa shape index (κ2) is 3.72. The van der Waals surface area contributed by atoms with E-state index in [9.17, 15) is 8.78 Å². The van der Waals surface area contributed by atoms with Crippen molar-refractivity contribution in [3.8, 4) is 5.75 Å². The van der Waals surface area contributed by atoms with Crippen LogP contribution in [0.2, 0.25) is 0 Å². The molecule has 0 radical (unpaired) electrons. The van der Waals surface area contributed by atoms with Crippen LogP contribution in [0.4, 0.5) is 8.78 Å². The van der Waals surface area contributed by atoms with Crippen LogP contribution < -0.4 is 4.65 Å². The Labute approximate surface area is 73.8 Å². The van der Waals surface area contributed by atoms with Crippen molar-refractivity contribution in [3.63, 3.8) is 0 Å². The molecule has 3 nitrogen and oxygen atoms in total. The number of benzene rings is 1. The average Bonchev–Trinajstić information content (AvgIpc) is 2.06. The monoisotopic (exact) mass is 188 g/mol. The van der Waals surface area contributed by atoms with Gasteiger partial charge >= 0.3 is 7.32 Å². The Balaban J connectivity index is 3.04. The van der Waals surface area contributed by atoms with Gasteiger partial charge in [-0.25, -0.2) is 8.78 Å². The fourth-order valence-corrected chi connectivity index (χ4v) is 0.841. The summed E-state index contributed by atoms with van der Waals surface area (Å²) < 4.78 is 30.0. The molecule has 13 heavy (non-hydrogen) atoms. The lowest BCUT2D eigenvalue weighted by molar-refractivity contribution is 0.281. The Morgan fingerprint density at radius 1 is 1.31 bits per heavy atom. The van der Waals surface area contributed by atoms with Crippen LogP contribution in [0.3, 0.4) is 0 Å². The summed E-state index contributed by atoms with van der Waals surface area (Å²) in [5.74, 6) is -2.04. The molecule has 0 aromatic heterocycles. The normalized spacial score (nSPS) is 9.92. The largest absolute Gasteiger partial charge is 0.707 e. The molecule has 1 aromatic carbocycles. The van der Waals surface area contributed by atoms with Crippen molar-refractivity contribution in [2.75, 3.05) is 0 Å². The lowest BCUT2D eigenvalue weighted by Gasteiger charge is -2.07. The maximum absolute atomic E-state index is 13.0. The van der Waals surface area contributed by atoms with Gasteiger partial charge in [-0.2, -0.15) is 0 Å². The van der Waals surface area contributed by atoms with Crippen LogP contribution in [-0.2, 0) is 0 Å². The SMILES string of the molecule is Cc1c(F)ccc(OB(O)O)c1F. The van der Waals surface area contributed by atoms with Crippen LogP contribution in [0.5, 0.6) is 5.75 Å². The van der Waals surface area contributed by atoms with Crippen molar-refractivity contribution >= 4 is 7.32 Å². The lowest BCUT2D eigenvalue weighted by Crippen LogP contribution is -2.21. The quantitative estimate of drug-likeness (QED) is 0.668. The Hall–Kier alpha value is -1.14. The van der Waals surface area contributed by atoms with E-state index < -0.39 is 24.7 Å². The van der Waals surface area contributed by atoms with Gasteiger partial charge in [-0.3, -0.25) is 0 Å². The first kappa shape index (κ1) is 9.95. The van der Waals surface area contributed by atoms with Crippen molar-refractivity contribution in [2.45, 2.75) is 6.92 Å².